The average Bonchev–Trinajstić information content (AvgIpc) is 2.86. The Hall–Kier alpha value is -3.26. The predicted octanol–water partition coefficient (Wildman–Crippen LogP) is 4.68. The number of nitrogens with zero attached hydrogens (tertiary/aromatic N) is 2. The molecule has 2 heterocycles. The molecule has 194 valence electrons. The van der Waals surface area contributed by atoms with Crippen LogP contribution in [0.15, 0.2) is 41.2 Å². The molecule has 3 aromatic rings. The Balaban J connectivity index is 0.000000861. The van der Waals surface area contributed by atoms with E-state index in [1.54, 1.807) is 29.2 Å². The number of benzene rings is 2. The van der Waals surface area contributed by atoms with Gasteiger partial charge in [-0.15, -0.1) is 0 Å². The first-order valence-electron chi connectivity index (χ1n) is 12.9. The zero-order valence-corrected chi connectivity index (χ0v) is 21.9. The number of likely N-dealkylation sites (tertiary alicyclic amines) is 1. The van der Waals surface area contributed by atoms with Crippen molar-refractivity contribution in [3.63, 3.8) is 0 Å². The number of fused-ring (bicyclic) bond motifs is 1. The summed E-state index contributed by atoms with van der Waals surface area (Å²) in [6, 6.07) is 10.2. The molecule has 2 aromatic carbocycles. The van der Waals surface area contributed by atoms with E-state index >= 15 is 0 Å². The number of hydrogen-bond donors (Lipinski definition) is 2. The van der Waals surface area contributed by atoms with Gasteiger partial charge in [0, 0.05) is 30.9 Å². The molecule has 1 aromatic heterocycles. The highest BCUT2D eigenvalue weighted by atomic mass is 19.1. The number of aromatic nitrogens is 2. The van der Waals surface area contributed by atoms with Crippen molar-refractivity contribution in [3.8, 4) is 5.75 Å². The molecule has 2 fully saturated rings. The van der Waals surface area contributed by atoms with E-state index in [0.717, 1.165) is 18.4 Å². The number of nitrogens with one attached hydrogen (secondary N) is 2. The summed E-state index contributed by atoms with van der Waals surface area (Å²) in [5.41, 5.74) is 1.17. The van der Waals surface area contributed by atoms with E-state index in [1.165, 1.54) is 12.5 Å². The van der Waals surface area contributed by atoms with Crippen LogP contribution in [0.4, 0.5) is 4.39 Å². The van der Waals surface area contributed by atoms with Crippen LogP contribution in [0.5, 0.6) is 5.75 Å². The number of amides is 1. The smallest absolute Gasteiger partial charge is 0.272 e. The SMILES string of the molecule is CC.CC.CNC1CN(C(=O)c2cc(Cc3n[nH]c(=O)c4ccc(OC5CCC5)cc34)ccc2F)C1. The van der Waals surface area contributed by atoms with Crippen molar-refractivity contribution in [1.82, 2.24) is 20.4 Å². The number of rotatable bonds is 6. The van der Waals surface area contributed by atoms with Crippen molar-refractivity contribution in [1.29, 1.82) is 0 Å². The number of likely N-dealkylation sites (N-methyl/N-ethyl adjacent to an activating group) is 1. The van der Waals surface area contributed by atoms with Gasteiger partial charge in [-0.05, 0) is 62.2 Å². The van der Waals surface area contributed by atoms with Crippen molar-refractivity contribution in [2.45, 2.75) is 65.5 Å². The van der Waals surface area contributed by atoms with Crippen LogP contribution in [0.1, 0.15) is 68.6 Å². The fourth-order valence-corrected chi connectivity index (χ4v) is 4.12. The van der Waals surface area contributed by atoms with Gasteiger partial charge in [0.15, 0.2) is 0 Å². The van der Waals surface area contributed by atoms with Crippen LogP contribution in [-0.4, -0.2) is 53.3 Å². The van der Waals surface area contributed by atoms with Crippen LogP contribution in [0.3, 0.4) is 0 Å². The Labute approximate surface area is 212 Å². The number of H-pyrrole nitrogens is 1. The Kier molecular flexibility index (Phi) is 9.58. The van der Waals surface area contributed by atoms with Gasteiger partial charge < -0.3 is 15.0 Å². The highest BCUT2D eigenvalue weighted by Gasteiger charge is 2.31. The minimum atomic E-state index is -0.540. The first-order chi connectivity index (χ1) is 17.5. The lowest BCUT2D eigenvalue weighted by Gasteiger charge is -2.39. The lowest BCUT2D eigenvalue weighted by atomic mass is 9.96. The molecule has 0 bridgehead atoms. The van der Waals surface area contributed by atoms with Crippen LogP contribution in [-0.2, 0) is 6.42 Å². The van der Waals surface area contributed by atoms with E-state index in [1.807, 2.05) is 40.8 Å². The van der Waals surface area contributed by atoms with E-state index in [4.69, 9.17) is 4.74 Å². The summed E-state index contributed by atoms with van der Waals surface area (Å²) in [4.78, 5) is 26.6. The number of hydrogen-bond acceptors (Lipinski definition) is 5. The molecule has 0 radical (unpaired) electrons. The van der Waals surface area contributed by atoms with Gasteiger partial charge >= 0.3 is 0 Å². The number of carbonyl (C=O) groups is 1. The molecule has 1 saturated carbocycles. The van der Waals surface area contributed by atoms with Crippen molar-refractivity contribution in [3.05, 3.63) is 69.4 Å². The van der Waals surface area contributed by atoms with Crippen molar-refractivity contribution >= 4 is 16.7 Å². The van der Waals surface area contributed by atoms with Crippen LogP contribution in [0.2, 0.25) is 0 Å². The van der Waals surface area contributed by atoms with Gasteiger partial charge in [-0.2, -0.15) is 5.10 Å². The maximum atomic E-state index is 14.4. The molecule has 7 nitrogen and oxygen atoms in total. The lowest BCUT2D eigenvalue weighted by Crippen LogP contribution is -2.59. The highest BCUT2D eigenvalue weighted by molar-refractivity contribution is 5.95. The van der Waals surface area contributed by atoms with Crippen molar-refractivity contribution in [2.24, 2.45) is 0 Å². The molecule has 36 heavy (non-hydrogen) atoms. The summed E-state index contributed by atoms with van der Waals surface area (Å²) in [6.07, 6.45) is 3.82. The van der Waals surface area contributed by atoms with Gasteiger partial charge in [0.2, 0.25) is 0 Å². The fourth-order valence-electron chi connectivity index (χ4n) is 4.12. The van der Waals surface area contributed by atoms with Gasteiger partial charge in [-0.3, -0.25) is 9.59 Å². The molecule has 2 aliphatic rings. The zero-order chi connectivity index (χ0) is 26.2. The second-order valence-electron chi connectivity index (χ2n) is 8.56. The molecule has 5 rings (SSSR count). The first kappa shape index (κ1) is 27.3. The molecular formula is C28H37FN4O3. The zero-order valence-electron chi connectivity index (χ0n) is 21.9. The third kappa shape index (κ3) is 5.93. The van der Waals surface area contributed by atoms with Gasteiger partial charge in [0.25, 0.3) is 11.5 Å². The normalized spacial score (nSPS) is 15.1. The summed E-state index contributed by atoms with van der Waals surface area (Å²) in [6.45, 7) is 9.13. The first-order valence-corrected chi connectivity index (χ1v) is 12.9. The topological polar surface area (TPSA) is 87.3 Å². The van der Waals surface area contributed by atoms with Crippen molar-refractivity contribution in [2.75, 3.05) is 20.1 Å². The monoisotopic (exact) mass is 496 g/mol. The van der Waals surface area contributed by atoms with E-state index in [-0.39, 0.29) is 29.2 Å². The lowest BCUT2D eigenvalue weighted by molar-refractivity contribution is 0.0572. The molecule has 0 spiro atoms. The summed E-state index contributed by atoms with van der Waals surface area (Å²) in [5, 5.41) is 11.1. The highest BCUT2D eigenvalue weighted by Crippen LogP contribution is 2.28. The summed E-state index contributed by atoms with van der Waals surface area (Å²) < 4.78 is 20.4. The standard InChI is InChI=1S/C24H25FN4O3.2C2H6/c1-26-15-12-29(13-15)24(31)20-9-14(5-8-21(20)25)10-22-19-11-17(32-16-3-2-4-16)6-7-18(19)23(30)28-27-22;2*1-2/h5-9,11,15-16,26H,2-4,10,12-13H2,1H3,(H,28,30);2*1-2H3. The van der Waals surface area contributed by atoms with Crippen molar-refractivity contribution < 1.29 is 13.9 Å². The quantitative estimate of drug-likeness (QED) is 0.517. The molecule has 8 heteroatoms. The summed E-state index contributed by atoms with van der Waals surface area (Å²) in [7, 11) is 1.85. The fraction of sp³-hybridized carbons (Fsp3) is 0.464. The Morgan fingerprint density at radius 2 is 1.83 bits per heavy atom. The Morgan fingerprint density at radius 3 is 2.47 bits per heavy atom. The summed E-state index contributed by atoms with van der Waals surface area (Å²) in [5.74, 6) is -0.142. The predicted molar refractivity (Wildman–Crippen MR) is 141 cm³/mol. The van der Waals surface area contributed by atoms with E-state index in [0.29, 0.717) is 41.7 Å². The Morgan fingerprint density at radius 1 is 1.11 bits per heavy atom. The molecule has 1 aliphatic heterocycles. The molecule has 1 amide bonds. The van der Waals surface area contributed by atoms with Crippen LogP contribution >= 0.6 is 0 Å². The minimum Gasteiger partial charge on any atom is -0.490 e. The van der Waals surface area contributed by atoms with Crippen LogP contribution in [0.25, 0.3) is 10.8 Å². The van der Waals surface area contributed by atoms with E-state index < -0.39 is 5.82 Å². The molecule has 1 aliphatic carbocycles. The molecule has 2 N–H and O–H groups in total. The molecular weight excluding hydrogens is 459 g/mol. The largest absolute Gasteiger partial charge is 0.490 e. The van der Waals surface area contributed by atoms with Gasteiger partial charge in [-0.25, -0.2) is 9.49 Å². The second kappa shape index (κ2) is 12.6. The number of carbonyl (C=O) groups excluding carboxylic acids is 1. The number of aromatic amines is 1. The van der Waals surface area contributed by atoms with Gasteiger partial charge in [-0.1, -0.05) is 33.8 Å². The molecule has 1 saturated heterocycles. The van der Waals surface area contributed by atoms with Crippen LogP contribution < -0.4 is 15.6 Å². The van der Waals surface area contributed by atoms with Crippen LogP contribution in [0, 0.1) is 5.82 Å². The molecule has 0 unspecified atom stereocenters. The molecule has 0 atom stereocenters. The maximum Gasteiger partial charge on any atom is 0.272 e. The van der Waals surface area contributed by atoms with E-state index in [2.05, 4.69) is 15.5 Å². The van der Waals surface area contributed by atoms with Gasteiger partial charge in [0.1, 0.15) is 11.6 Å². The average molecular weight is 497 g/mol. The number of halogens is 1. The second-order valence-corrected chi connectivity index (χ2v) is 8.56. The third-order valence-electron chi connectivity index (χ3n) is 6.40. The maximum absolute atomic E-state index is 14.4. The summed E-state index contributed by atoms with van der Waals surface area (Å²) >= 11 is 0. The van der Waals surface area contributed by atoms with E-state index in [9.17, 15) is 14.0 Å². The third-order valence-corrected chi connectivity index (χ3v) is 6.40. The Bertz CT molecular complexity index is 1230. The van der Waals surface area contributed by atoms with Gasteiger partial charge in [0.05, 0.1) is 22.7 Å². The number of ether oxygens (including phenoxy) is 1. The minimum absolute atomic E-state index is 0.0554.